The van der Waals surface area contributed by atoms with Gasteiger partial charge in [-0.3, -0.25) is 0 Å². The lowest BCUT2D eigenvalue weighted by atomic mass is 10.0. The summed E-state index contributed by atoms with van der Waals surface area (Å²) < 4.78 is 11.6. The Morgan fingerprint density at radius 3 is 2.53 bits per heavy atom. The summed E-state index contributed by atoms with van der Waals surface area (Å²) in [5.74, 6) is 2.05. The quantitative estimate of drug-likeness (QED) is 0.572. The van der Waals surface area contributed by atoms with Crippen molar-refractivity contribution in [2.24, 2.45) is 0 Å². The highest BCUT2D eigenvalue weighted by molar-refractivity contribution is 9.12. The Kier molecular flexibility index (Phi) is 7.38. The third-order valence-electron chi connectivity index (χ3n) is 3.33. The zero-order chi connectivity index (χ0) is 14.3. The second kappa shape index (κ2) is 8.26. The van der Waals surface area contributed by atoms with E-state index in [0.717, 1.165) is 12.8 Å². The number of hydrogen-bond acceptors (Lipinski definition) is 3. The van der Waals surface area contributed by atoms with Crippen molar-refractivity contribution in [3.05, 3.63) is 0 Å². The molecule has 0 spiro atoms. The smallest absolute Gasteiger partial charge is 0.163 e. The van der Waals surface area contributed by atoms with Crippen molar-refractivity contribution in [2.45, 2.75) is 83.4 Å². The number of aliphatic hydroxyl groups excluding tert-OH is 1. The lowest BCUT2D eigenvalue weighted by Gasteiger charge is -2.18. The van der Waals surface area contributed by atoms with E-state index < -0.39 is 11.9 Å². The number of aliphatic hydroxyl groups is 1. The molecular weight excluding hydrogens is 308 g/mol. The molecule has 19 heavy (non-hydrogen) atoms. The van der Waals surface area contributed by atoms with Crippen LogP contribution in [-0.2, 0) is 9.47 Å². The van der Waals surface area contributed by atoms with E-state index in [-0.39, 0.29) is 12.2 Å². The van der Waals surface area contributed by atoms with E-state index >= 15 is 0 Å². The molecule has 3 atom stereocenters. The summed E-state index contributed by atoms with van der Waals surface area (Å²) in [6.07, 6.45) is 5.80. The van der Waals surface area contributed by atoms with Crippen molar-refractivity contribution in [3.63, 3.8) is 0 Å². The van der Waals surface area contributed by atoms with Gasteiger partial charge in [0.1, 0.15) is 12.2 Å². The van der Waals surface area contributed by atoms with Gasteiger partial charge < -0.3 is 14.6 Å². The summed E-state index contributed by atoms with van der Waals surface area (Å²) in [6, 6.07) is 0. The third kappa shape index (κ3) is 5.83. The molecule has 4 heteroatoms. The van der Waals surface area contributed by atoms with Crippen molar-refractivity contribution < 1.29 is 14.6 Å². The summed E-state index contributed by atoms with van der Waals surface area (Å²) in [5.41, 5.74) is 0. The highest BCUT2D eigenvalue weighted by atomic mass is 79.9. The van der Waals surface area contributed by atoms with Crippen LogP contribution >= 0.6 is 15.9 Å². The van der Waals surface area contributed by atoms with E-state index in [2.05, 4.69) is 33.6 Å². The Balaban J connectivity index is 2.45. The van der Waals surface area contributed by atoms with Crippen molar-refractivity contribution in [1.82, 2.24) is 0 Å². The predicted octanol–water partition coefficient (Wildman–Crippen LogP) is 3.58. The van der Waals surface area contributed by atoms with Gasteiger partial charge in [-0.25, -0.2) is 0 Å². The van der Waals surface area contributed by atoms with E-state index in [1.165, 1.54) is 25.7 Å². The number of halogens is 1. The minimum absolute atomic E-state index is 0.0695. The van der Waals surface area contributed by atoms with Crippen LogP contribution in [0.4, 0.5) is 0 Å². The first-order valence-electron chi connectivity index (χ1n) is 7.15. The second-order valence-electron chi connectivity index (χ2n) is 5.53. The van der Waals surface area contributed by atoms with E-state index in [0.29, 0.717) is 0 Å². The van der Waals surface area contributed by atoms with Gasteiger partial charge in [0.15, 0.2) is 5.79 Å². The van der Waals surface area contributed by atoms with Crippen LogP contribution in [0.3, 0.4) is 0 Å². The minimum Gasteiger partial charge on any atom is -0.377 e. The topological polar surface area (TPSA) is 38.7 Å². The van der Waals surface area contributed by atoms with Crippen LogP contribution < -0.4 is 0 Å². The lowest BCUT2D eigenvalue weighted by molar-refractivity contribution is -0.152. The molecule has 0 amide bonds. The summed E-state index contributed by atoms with van der Waals surface area (Å²) in [5, 5.41) is 9.98. The number of hydrogen-bond donors (Lipinski definition) is 1. The normalized spacial score (nSPS) is 26.8. The Bertz CT molecular complexity index is 319. The molecule has 0 saturated carbocycles. The van der Waals surface area contributed by atoms with Crippen molar-refractivity contribution in [1.29, 1.82) is 0 Å². The largest absolute Gasteiger partial charge is 0.377 e. The molecule has 1 fully saturated rings. The number of ether oxygens (including phenoxy) is 2. The third-order valence-corrected chi connectivity index (χ3v) is 3.56. The van der Waals surface area contributed by atoms with Gasteiger partial charge in [-0.15, -0.1) is 0 Å². The summed E-state index contributed by atoms with van der Waals surface area (Å²) in [7, 11) is 0. The monoisotopic (exact) mass is 332 g/mol. The van der Waals surface area contributed by atoms with Crippen molar-refractivity contribution in [3.8, 4) is 10.8 Å². The average molecular weight is 333 g/mol. The molecule has 0 aliphatic carbocycles. The van der Waals surface area contributed by atoms with Crippen LogP contribution in [0.15, 0.2) is 0 Å². The first kappa shape index (κ1) is 17.0. The van der Waals surface area contributed by atoms with Gasteiger partial charge in [-0.2, -0.15) is 0 Å². The fourth-order valence-electron chi connectivity index (χ4n) is 2.44. The van der Waals surface area contributed by atoms with Crippen LogP contribution in [0.1, 0.15) is 59.3 Å². The van der Waals surface area contributed by atoms with Crippen LogP contribution in [-0.4, -0.2) is 29.2 Å². The molecule has 110 valence electrons. The van der Waals surface area contributed by atoms with Gasteiger partial charge in [0, 0.05) is 15.9 Å². The SMILES string of the molecule is CCCCCCC[C@@H]1OC(C)(C)O[C@@H]1[C@H](O)C#CBr. The molecule has 0 aromatic rings. The lowest BCUT2D eigenvalue weighted by Crippen LogP contribution is -2.34. The zero-order valence-electron chi connectivity index (χ0n) is 12.1. The standard InChI is InChI=1S/C15H25BrO3/c1-4-5-6-7-8-9-13-14(12(17)10-11-16)19-15(2,3)18-13/h12-14,17H,4-9H2,1-3H3/t12-,13+,14-/m1/s1. The molecule has 0 aromatic carbocycles. The molecule has 1 saturated heterocycles. The molecule has 3 nitrogen and oxygen atoms in total. The first-order chi connectivity index (χ1) is 9.00. The highest BCUT2D eigenvalue weighted by Crippen LogP contribution is 2.32. The van der Waals surface area contributed by atoms with E-state index in [4.69, 9.17) is 9.47 Å². The average Bonchev–Trinajstić information content (AvgIpc) is 2.65. The molecule has 0 aromatic heterocycles. The molecule has 0 unspecified atom stereocenters. The van der Waals surface area contributed by atoms with Crippen LogP contribution in [0, 0.1) is 10.8 Å². The molecule has 1 rings (SSSR count). The fourth-order valence-corrected chi connectivity index (χ4v) is 2.68. The van der Waals surface area contributed by atoms with Crippen LogP contribution in [0.25, 0.3) is 0 Å². The maximum atomic E-state index is 9.98. The van der Waals surface area contributed by atoms with Gasteiger partial charge in [0.25, 0.3) is 0 Å². The molecule has 1 aliphatic heterocycles. The Labute approximate surface area is 125 Å². The van der Waals surface area contributed by atoms with Gasteiger partial charge in [-0.1, -0.05) is 44.9 Å². The second-order valence-corrected chi connectivity index (χ2v) is 5.92. The Morgan fingerprint density at radius 2 is 1.89 bits per heavy atom. The van der Waals surface area contributed by atoms with Gasteiger partial charge in [0.2, 0.25) is 0 Å². The maximum Gasteiger partial charge on any atom is 0.163 e. The molecule has 0 bridgehead atoms. The maximum absolute atomic E-state index is 9.98. The van der Waals surface area contributed by atoms with Crippen LogP contribution in [0.5, 0.6) is 0 Å². The first-order valence-corrected chi connectivity index (χ1v) is 7.94. The summed E-state index contributed by atoms with van der Waals surface area (Å²) in [4.78, 5) is 2.55. The molecule has 1 heterocycles. The predicted molar refractivity (Wildman–Crippen MR) is 79.9 cm³/mol. The van der Waals surface area contributed by atoms with Gasteiger partial charge in [0.05, 0.1) is 6.10 Å². The van der Waals surface area contributed by atoms with Gasteiger partial charge in [-0.05, 0) is 25.1 Å². The van der Waals surface area contributed by atoms with E-state index in [1.807, 2.05) is 13.8 Å². The molecule has 0 radical (unpaired) electrons. The molecule has 1 aliphatic rings. The molecule has 1 N–H and O–H groups in total. The van der Waals surface area contributed by atoms with E-state index in [9.17, 15) is 5.11 Å². The summed E-state index contributed by atoms with van der Waals surface area (Å²) in [6.45, 7) is 5.97. The Morgan fingerprint density at radius 1 is 1.21 bits per heavy atom. The van der Waals surface area contributed by atoms with Crippen molar-refractivity contribution in [2.75, 3.05) is 0 Å². The number of rotatable bonds is 7. The summed E-state index contributed by atoms with van der Waals surface area (Å²) >= 11 is 3.01. The zero-order valence-corrected chi connectivity index (χ0v) is 13.7. The molecular formula is C15H25BrO3. The number of unbranched alkanes of at least 4 members (excludes halogenated alkanes) is 4. The van der Waals surface area contributed by atoms with Crippen molar-refractivity contribution >= 4 is 15.9 Å². The highest BCUT2D eigenvalue weighted by Gasteiger charge is 2.43. The van der Waals surface area contributed by atoms with E-state index in [1.54, 1.807) is 0 Å². The minimum atomic E-state index is -0.804. The fraction of sp³-hybridized carbons (Fsp3) is 0.867. The van der Waals surface area contributed by atoms with Gasteiger partial charge >= 0.3 is 0 Å². The van der Waals surface area contributed by atoms with Crippen LogP contribution in [0.2, 0.25) is 0 Å². The Hall–Kier alpha value is -0.0800.